The first-order valence-electron chi connectivity index (χ1n) is 8.67. The van der Waals surface area contributed by atoms with Crippen LogP contribution in [0.15, 0.2) is 57.9 Å². The molecule has 3 rings (SSSR count). The molecule has 0 aromatic heterocycles. The molecule has 0 saturated carbocycles. The van der Waals surface area contributed by atoms with Crippen LogP contribution in [0.4, 0.5) is 0 Å². The van der Waals surface area contributed by atoms with E-state index >= 15 is 0 Å². The Hall–Kier alpha value is -1.41. The fraction of sp³-hybridized carbons (Fsp3) is 0.316. The highest BCUT2D eigenvalue weighted by Gasteiger charge is 2.37. The van der Waals surface area contributed by atoms with Gasteiger partial charge in [0.15, 0.2) is 0 Å². The zero-order valence-electron chi connectivity index (χ0n) is 14.6. The van der Waals surface area contributed by atoms with Crippen LogP contribution < -0.4 is 5.32 Å². The van der Waals surface area contributed by atoms with Crippen LogP contribution in [-0.4, -0.2) is 31.2 Å². The van der Waals surface area contributed by atoms with Crippen molar-refractivity contribution in [1.82, 2.24) is 9.62 Å². The van der Waals surface area contributed by atoms with Crippen molar-refractivity contribution in [3.63, 3.8) is 0 Å². The Labute approximate surface area is 172 Å². The van der Waals surface area contributed by atoms with Crippen molar-refractivity contribution in [2.75, 3.05) is 6.54 Å². The van der Waals surface area contributed by atoms with Gasteiger partial charge in [0.1, 0.15) is 6.04 Å². The smallest absolute Gasteiger partial charge is 0.243 e. The van der Waals surface area contributed by atoms with Crippen LogP contribution in [0.2, 0.25) is 5.02 Å². The summed E-state index contributed by atoms with van der Waals surface area (Å²) in [4.78, 5) is 12.9. The maximum atomic E-state index is 13.0. The molecule has 0 spiro atoms. The van der Waals surface area contributed by atoms with E-state index in [2.05, 4.69) is 21.2 Å². The van der Waals surface area contributed by atoms with Gasteiger partial charge in [-0.1, -0.05) is 46.1 Å². The molecule has 1 amide bonds. The van der Waals surface area contributed by atoms with Gasteiger partial charge in [0.25, 0.3) is 0 Å². The fourth-order valence-electron chi connectivity index (χ4n) is 3.15. The van der Waals surface area contributed by atoms with Gasteiger partial charge in [-0.05, 0) is 54.8 Å². The van der Waals surface area contributed by atoms with Crippen molar-refractivity contribution in [2.24, 2.45) is 0 Å². The summed E-state index contributed by atoms with van der Waals surface area (Å²) < 4.78 is 28.2. The highest BCUT2D eigenvalue weighted by atomic mass is 79.9. The lowest BCUT2D eigenvalue weighted by Crippen LogP contribution is -2.51. The number of carbonyl (C=O) groups excluding carboxylic acids is 1. The topological polar surface area (TPSA) is 66.5 Å². The number of sulfonamides is 1. The van der Waals surface area contributed by atoms with Crippen LogP contribution in [0.1, 0.15) is 24.8 Å². The zero-order chi connectivity index (χ0) is 19.4. The van der Waals surface area contributed by atoms with Gasteiger partial charge in [-0.15, -0.1) is 0 Å². The Morgan fingerprint density at radius 3 is 2.63 bits per heavy atom. The molecule has 1 fully saturated rings. The summed E-state index contributed by atoms with van der Waals surface area (Å²) in [5.41, 5.74) is 0.869. The average Bonchev–Trinajstić information content (AvgIpc) is 2.66. The second kappa shape index (κ2) is 8.73. The molecule has 0 radical (unpaired) electrons. The van der Waals surface area contributed by atoms with Gasteiger partial charge in [-0.25, -0.2) is 8.42 Å². The lowest BCUT2D eigenvalue weighted by atomic mass is 10.0. The van der Waals surface area contributed by atoms with Gasteiger partial charge in [0.05, 0.1) is 4.90 Å². The quantitative estimate of drug-likeness (QED) is 0.718. The Bertz CT molecular complexity index is 919. The molecule has 144 valence electrons. The number of hydrogen-bond acceptors (Lipinski definition) is 3. The SMILES string of the molecule is O=C(NCc1cccc(Cl)c1)[C@H]1CCCCN1S(=O)(=O)c1ccc(Br)cc1. The van der Waals surface area contributed by atoms with E-state index in [1.54, 1.807) is 36.4 Å². The molecular weight excluding hydrogens is 452 g/mol. The molecule has 0 aliphatic carbocycles. The van der Waals surface area contributed by atoms with Crippen molar-refractivity contribution in [3.8, 4) is 0 Å². The van der Waals surface area contributed by atoms with E-state index in [4.69, 9.17) is 11.6 Å². The van der Waals surface area contributed by atoms with Gasteiger partial charge in [0, 0.05) is 22.6 Å². The van der Waals surface area contributed by atoms with Gasteiger partial charge in [-0.2, -0.15) is 4.31 Å². The number of rotatable bonds is 5. The summed E-state index contributed by atoms with van der Waals surface area (Å²) in [6.45, 7) is 0.649. The molecule has 1 saturated heterocycles. The van der Waals surface area contributed by atoms with Crippen LogP contribution in [0.5, 0.6) is 0 Å². The molecule has 1 aliphatic heterocycles. The molecule has 5 nitrogen and oxygen atoms in total. The summed E-state index contributed by atoms with van der Waals surface area (Å²) in [6, 6.07) is 13.0. The standard InChI is InChI=1S/C19H20BrClN2O3S/c20-15-7-9-17(10-8-15)27(25,26)23-11-2-1-6-18(23)19(24)22-13-14-4-3-5-16(21)12-14/h3-5,7-10,12,18H,1-2,6,11,13H2,(H,22,24)/t18-/m1/s1. The summed E-state index contributed by atoms with van der Waals surface area (Å²) >= 11 is 9.28. The molecule has 2 aromatic rings. The first-order chi connectivity index (χ1) is 12.9. The number of nitrogens with zero attached hydrogens (tertiary/aromatic N) is 1. The lowest BCUT2D eigenvalue weighted by Gasteiger charge is -2.33. The third-order valence-corrected chi connectivity index (χ3v) is 7.22. The first kappa shape index (κ1) is 20.3. The third-order valence-electron chi connectivity index (χ3n) is 4.53. The maximum absolute atomic E-state index is 13.0. The Morgan fingerprint density at radius 1 is 1.19 bits per heavy atom. The van der Waals surface area contributed by atoms with Crippen molar-refractivity contribution in [3.05, 3.63) is 63.6 Å². The number of benzene rings is 2. The number of nitrogens with one attached hydrogen (secondary N) is 1. The summed E-state index contributed by atoms with van der Waals surface area (Å²) in [5.74, 6) is -0.282. The molecule has 1 aliphatic rings. The van der Waals surface area contributed by atoms with Gasteiger partial charge < -0.3 is 5.32 Å². The molecule has 0 bridgehead atoms. The van der Waals surface area contributed by atoms with E-state index in [0.717, 1.165) is 22.9 Å². The summed E-state index contributed by atoms with van der Waals surface area (Å²) in [6.07, 6.45) is 2.08. The average molecular weight is 472 g/mol. The second-order valence-corrected chi connectivity index (χ2v) is 9.67. The second-order valence-electron chi connectivity index (χ2n) is 6.43. The summed E-state index contributed by atoms with van der Waals surface area (Å²) in [7, 11) is -3.73. The minimum atomic E-state index is -3.73. The number of carbonyl (C=O) groups is 1. The van der Waals surface area contributed by atoms with E-state index in [1.807, 2.05) is 12.1 Å². The minimum absolute atomic E-state index is 0.195. The van der Waals surface area contributed by atoms with Gasteiger partial charge in [0.2, 0.25) is 15.9 Å². The molecular formula is C19H20BrClN2O3S. The first-order valence-corrected chi connectivity index (χ1v) is 11.3. The van der Waals surface area contributed by atoms with Crippen molar-refractivity contribution >= 4 is 43.5 Å². The van der Waals surface area contributed by atoms with Crippen LogP contribution in [0, 0.1) is 0 Å². The monoisotopic (exact) mass is 470 g/mol. The van der Waals surface area contributed by atoms with E-state index in [9.17, 15) is 13.2 Å². The molecule has 2 aromatic carbocycles. The number of halogens is 2. The van der Waals surface area contributed by atoms with E-state index < -0.39 is 16.1 Å². The third kappa shape index (κ3) is 4.90. The van der Waals surface area contributed by atoms with E-state index in [-0.39, 0.29) is 10.8 Å². The fourth-order valence-corrected chi connectivity index (χ4v) is 5.28. The van der Waals surface area contributed by atoms with E-state index in [1.165, 1.54) is 4.31 Å². The number of amides is 1. The predicted octanol–water partition coefficient (Wildman–Crippen LogP) is 3.96. The molecule has 1 N–H and O–H groups in total. The largest absolute Gasteiger partial charge is 0.351 e. The van der Waals surface area contributed by atoms with Crippen LogP contribution in [0.3, 0.4) is 0 Å². The zero-order valence-corrected chi connectivity index (χ0v) is 17.7. The van der Waals surface area contributed by atoms with Crippen molar-refractivity contribution < 1.29 is 13.2 Å². The predicted molar refractivity (Wildman–Crippen MR) is 109 cm³/mol. The highest BCUT2D eigenvalue weighted by Crippen LogP contribution is 2.26. The van der Waals surface area contributed by atoms with Gasteiger partial charge >= 0.3 is 0 Å². The maximum Gasteiger partial charge on any atom is 0.243 e. The minimum Gasteiger partial charge on any atom is -0.351 e. The molecule has 1 atom stereocenters. The van der Waals surface area contributed by atoms with Crippen LogP contribution in [0.25, 0.3) is 0 Å². The van der Waals surface area contributed by atoms with Crippen LogP contribution >= 0.6 is 27.5 Å². The molecule has 0 unspecified atom stereocenters. The molecule has 27 heavy (non-hydrogen) atoms. The Balaban J connectivity index is 1.76. The molecule has 8 heteroatoms. The van der Waals surface area contributed by atoms with Crippen molar-refractivity contribution in [1.29, 1.82) is 0 Å². The summed E-state index contributed by atoms with van der Waals surface area (Å²) in [5, 5.41) is 3.44. The number of hydrogen-bond donors (Lipinski definition) is 1. The lowest BCUT2D eigenvalue weighted by molar-refractivity contribution is -0.125. The van der Waals surface area contributed by atoms with E-state index in [0.29, 0.717) is 24.5 Å². The Kier molecular flexibility index (Phi) is 6.57. The normalized spacial score (nSPS) is 18.2. The molecule has 1 heterocycles. The van der Waals surface area contributed by atoms with Gasteiger partial charge in [-0.3, -0.25) is 4.79 Å². The van der Waals surface area contributed by atoms with Crippen LogP contribution in [-0.2, 0) is 21.4 Å². The Morgan fingerprint density at radius 2 is 1.93 bits per heavy atom. The highest BCUT2D eigenvalue weighted by molar-refractivity contribution is 9.10. The number of piperidine rings is 1. The van der Waals surface area contributed by atoms with Crippen molar-refractivity contribution in [2.45, 2.75) is 36.7 Å².